The van der Waals surface area contributed by atoms with Gasteiger partial charge in [-0.05, 0) is 37.8 Å². The molecule has 1 aliphatic rings. The highest BCUT2D eigenvalue weighted by molar-refractivity contribution is 7.99. The molecule has 0 aliphatic heterocycles. The third-order valence-corrected chi connectivity index (χ3v) is 5.69. The average molecular weight is 359 g/mol. The summed E-state index contributed by atoms with van der Waals surface area (Å²) in [6, 6.07) is 8.18. The van der Waals surface area contributed by atoms with Gasteiger partial charge in [-0.25, -0.2) is 0 Å². The van der Waals surface area contributed by atoms with Crippen LogP contribution in [0.1, 0.15) is 44.1 Å². The molecule has 3 rings (SSSR count). The first kappa shape index (κ1) is 18.0. The molecular weight excluding hydrogens is 332 g/mol. The number of thioether (sulfide) groups is 1. The van der Waals surface area contributed by atoms with E-state index in [4.69, 9.17) is 0 Å². The zero-order valence-electron chi connectivity index (χ0n) is 14.8. The summed E-state index contributed by atoms with van der Waals surface area (Å²) in [6.07, 6.45) is 9.53. The van der Waals surface area contributed by atoms with E-state index in [9.17, 15) is 4.79 Å². The van der Waals surface area contributed by atoms with Crippen molar-refractivity contribution >= 4 is 17.7 Å². The van der Waals surface area contributed by atoms with E-state index in [1.54, 1.807) is 6.33 Å². The van der Waals surface area contributed by atoms with Gasteiger partial charge < -0.3 is 5.32 Å². The van der Waals surface area contributed by atoms with Gasteiger partial charge in [0.25, 0.3) is 0 Å². The molecule has 0 bridgehead atoms. The lowest BCUT2D eigenvalue weighted by Gasteiger charge is -2.09. The topological polar surface area (TPSA) is 59.8 Å². The standard InChI is InChI=1S/C19H26N4OS/c1-15-8-10-17(11-9-15)23-14-21-22-19(23)25-13-18(24)20-12-4-7-16-5-2-3-6-16/h8-11,14,16H,2-7,12-13H2,1H3,(H,20,24). The second kappa shape index (κ2) is 9.04. The summed E-state index contributed by atoms with van der Waals surface area (Å²) in [5, 5.41) is 11.9. The van der Waals surface area contributed by atoms with Gasteiger partial charge in [0.15, 0.2) is 5.16 Å². The van der Waals surface area contributed by atoms with Crippen LogP contribution in [0.15, 0.2) is 35.7 Å². The first-order valence-corrected chi connectivity index (χ1v) is 10.1. The highest BCUT2D eigenvalue weighted by Gasteiger charge is 2.14. The Morgan fingerprint density at radius 1 is 1.28 bits per heavy atom. The third-order valence-electron chi connectivity index (χ3n) is 4.75. The number of hydrogen-bond donors (Lipinski definition) is 1. The molecule has 0 saturated heterocycles. The van der Waals surface area contributed by atoms with Crippen molar-refractivity contribution < 1.29 is 4.79 Å². The van der Waals surface area contributed by atoms with Gasteiger partial charge >= 0.3 is 0 Å². The van der Waals surface area contributed by atoms with Crippen molar-refractivity contribution in [2.45, 2.75) is 50.6 Å². The summed E-state index contributed by atoms with van der Waals surface area (Å²) < 4.78 is 1.91. The minimum absolute atomic E-state index is 0.0647. The van der Waals surface area contributed by atoms with Crippen LogP contribution in [-0.2, 0) is 4.79 Å². The fourth-order valence-corrected chi connectivity index (χ4v) is 4.06. The Balaban J connectivity index is 1.41. The largest absolute Gasteiger partial charge is 0.355 e. The van der Waals surface area contributed by atoms with Gasteiger partial charge in [0.2, 0.25) is 5.91 Å². The van der Waals surface area contributed by atoms with Gasteiger partial charge in [0, 0.05) is 12.2 Å². The summed E-state index contributed by atoms with van der Waals surface area (Å²) in [7, 11) is 0. The van der Waals surface area contributed by atoms with E-state index >= 15 is 0 Å². The Labute approximate surface area is 153 Å². The van der Waals surface area contributed by atoms with Crippen LogP contribution in [0, 0.1) is 12.8 Å². The zero-order valence-corrected chi connectivity index (χ0v) is 15.6. The highest BCUT2D eigenvalue weighted by atomic mass is 32.2. The van der Waals surface area contributed by atoms with Crippen molar-refractivity contribution in [3.05, 3.63) is 36.2 Å². The second-order valence-electron chi connectivity index (χ2n) is 6.75. The summed E-state index contributed by atoms with van der Waals surface area (Å²) in [6.45, 7) is 2.84. The van der Waals surface area contributed by atoms with Crippen LogP contribution in [0.2, 0.25) is 0 Å². The summed E-state index contributed by atoms with van der Waals surface area (Å²) >= 11 is 1.42. The molecule has 1 aliphatic carbocycles. The molecule has 134 valence electrons. The van der Waals surface area contributed by atoms with Crippen LogP contribution in [0.5, 0.6) is 0 Å². The minimum atomic E-state index is 0.0647. The Morgan fingerprint density at radius 3 is 2.80 bits per heavy atom. The van der Waals surface area contributed by atoms with E-state index in [-0.39, 0.29) is 5.91 Å². The van der Waals surface area contributed by atoms with Gasteiger partial charge in [0.1, 0.15) is 6.33 Å². The molecule has 2 aromatic rings. The van der Waals surface area contributed by atoms with Crippen LogP contribution in [0.3, 0.4) is 0 Å². The molecule has 6 heteroatoms. The molecular formula is C19H26N4OS. The van der Waals surface area contributed by atoms with E-state index < -0.39 is 0 Å². The van der Waals surface area contributed by atoms with Gasteiger partial charge in [-0.2, -0.15) is 0 Å². The van der Waals surface area contributed by atoms with Gasteiger partial charge in [0.05, 0.1) is 5.75 Å². The fourth-order valence-electron chi connectivity index (χ4n) is 3.30. The monoisotopic (exact) mass is 358 g/mol. The molecule has 0 atom stereocenters. The lowest BCUT2D eigenvalue weighted by molar-refractivity contribution is -0.118. The number of nitrogens with zero attached hydrogens (tertiary/aromatic N) is 3. The van der Waals surface area contributed by atoms with Crippen molar-refractivity contribution in [3.63, 3.8) is 0 Å². The summed E-state index contributed by atoms with van der Waals surface area (Å²) in [5.74, 6) is 1.32. The third kappa shape index (κ3) is 5.33. The maximum atomic E-state index is 12.0. The molecule has 1 N–H and O–H groups in total. The number of aryl methyl sites for hydroxylation is 1. The number of benzene rings is 1. The van der Waals surface area contributed by atoms with Crippen LogP contribution in [0.25, 0.3) is 5.69 Å². The summed E-state index contributed by atoms with van der Waals surface area (Å²) in [5.41, 5.74) is 2.22. The number of hydrogen-bond acceptors (Lipinski definition) is 4. The predicted molar refractivity (Wildman–Crippen MR) is 101 cm³/mol. The van der Waals surface area contributed by atoms with Gasteiger partial charge in [-0.15, -0.1) is 10.2 Å². The molecule has 25 heavy (non-hydrogen) atoms. The maximum Gasteiger partial charge on any atom is 0.230 e. The molecule has 1 aromatic carbocycles. The van der Waals surface area contributed by atoms with Crippen molar-refractivity contribution in [2.24, 2.45) is 5.92 Å². The SMILES string of the molecule is Cc1ccc(-n2cnnc2SCC(=O)NCCCC2CCCC2)cc1. The lowest BCUT2D eigenvalue weighted by atomic mass is 10.0. The Bertz CT molecular complexity index is 677. The molecule has 1 heterocycles. The van der Waals surface area contributed by atoms with E-state index in [1.807, 2.05) is 16.7 Å². The number of nitrogens with one attached hydrogen (secondary N) is 1. The lowest BCUT2D eigenvalue weighted by Crippen LogP contribution is -2.26. The molecule has 0 unspecified atom stereocenters. The van der Waals surface area contributed by atoms with Crippen LogP contribution in [0.4, 0.5) is 0 Å². The zero-order chi connectivity index (χ0) is 17.5. The summed E-state index contributed by atoms with van der Waals surface area (Å²) in [4.78, 5) is 12.0. The van der Waals surface area contributed by atoms with E-state index in [2.05, 4.69) is 34.6 Å². The van der Waals surface area contributed by atoms with Gasteiger partial charge in [-0.1, -0.05) is 55.1 Å². The van der Waals surface area contributed by atoms with Crippen molar-refractivity contribution in [2.75, 3.05) is 12.3 Å². The normalized spacial score (nSPS) is 14.8. The number of carbonyl (C=O) groups is 1. The van der Waals surface area contributed by atoms with Gasteiger partial charge in [-0.3, -0.25) is 9.36 Å². The number of aromatic nitrogens is 3. The quantitative estimate of drug-likeness (QED) is 0.577. The van der Waals surface area contributed by atoms with Crippen molar-refractivity contribution in [1.29, 1.82) is 0 Å². The molecule has 1 fully saturated rings. The van der Waals surface area contributed by atoms with Crippen molar-refractivity contribution in [3.8, 4) is 5.69 Å². The molecule has 0 spiro atoms. The number of rotatable bonds is 8. The fraction of sp³-hybridized carbons (Fsp3) is 0.526. The highest BCUT2D eigenvalue weighted by Crippen LogP contribution is 2.28. The minimum Gasteiger partial charge on any atom is -0.355 e. The second-order valence-corrected chi connectivity index (χ2v) is 7.69. The molecule has 5 nitrogen and oxygen atoms in total. The Hall–Kier alpha value is -1.82. The number of amides is 1. The average Bonchev–Trinajstić information content (AvgIpc) is 3.29. The van der Waals surface area contributed by atoms with Crippen LogP contribution in [-0.4, -0.2) is 33.0 Å². The maximum absolute atomic E-state index is 12.0. The smallest absolute Gasteiger partial charge is 0.230 e. The van der Waals surface area contributed by atoms with Crippen LogP contribution >= 0.6 is 11.8 Å². The first-order valence-electron chi connectivity index (χ1n) is 9.09. The molecule has 1 amide bonds. The van der Waals surface area contributed by atoms with E-state index in [1.165, 1.54) is 49.4 Å². The van der Waals surface area contributed by atoms with E-state index in [0.717, 1.165) is 29.7 Å². The van der Waals surface area contributed by atoms with Crippen LogP contribution < -0.4 is 5.32 Å². The van der Waals surface area contributed by atoms with E-state index in [0.29, 0.717) is 5.75 Å². The molecule has 0 radical (unpaired) electrons. The number of carbonyl (C=O) groups excluding carboxylic acids is 1. The van der Waals surface area contributed by atoms with Crippen molar-refractivity contribution in [1.82, 2.24) is 20.1 Å². The molecule has 1 aromatic heterocycles. The molecule has 1 saturated carbocycles. The Morgan fingerprint density at radius 2 is 2.04 bits per heavy atom. The first-order chi connectivity index (χ1) is 12.2. The Kier molecular flexibility index (Phi) is 6.50. The predicted octanol–water partition coefficient (Wildman–Crippen LogP) is 3.75.